The van der Waals surface area contributed by atoms with Crippen LogP contribution in [0.15, 0.2) is 0 Å². The Morgan fingerprint density at radius 1 is 1.25 bits per heavy atom. The Hall–Kier alpha value is -0.290. The highest BCUT2D eigenvalue weighted by atomic mass is 19.4. The summed E-state index contributed by atoms with van der Waals surface area (Å²) in [5, 5.41) is 0. The smallest absolute Gasteiger partial charge is 0.271 e. The zero-order valence-corrected chi connectivity index (χ0v) is 6.69. The Morgan fingerprint density at radius 2 is 1.92 bits per heavy atom. The SMILES string of the molecule is NN[C@H]1CCC[C@@H](C(F)(F)F)C1. The van der Waals surface area contributed by atoms with Gasteiger partial charge in [-0.25, -0.2) is 0 Å². The van der Waals surface area contributed by atoms with Crippen LogP contribution in [0, 0.1) is 5.92 Å². The van der Waals surface area contributed by atoms with E-state index in [4.69, 9.17) is 5.84 Å². The molecule has 1 aliphatic rings. The zero-order valence-electron chi connectivity index (χ0n) is 6.69. The Kier molecular flexibility index (Phi) is 2.95. The second-order valence-electron chi connectivity index (χ2n) is 3.27. The predicted molar refractivity (Wildman–Crippen MR) is 39.1 cm³/mol. The normalized spacial score (nSPS) is 32.0. The molecule has 1 fully saturated rings. The number of hydrazine groups is 1. The molecule has 1 rings (SSSR count). The largest absolute Gasteiger partial charge is 0.391 e. The molecular formula is C7H13F3N2. The van der Waals surface area contributed by atoms with Crippen LogP contribution in [0.25, 0.3) is 0 Å². The third kappa shape index (κ3) is 2.35. The molecule has 12 heavy (non-hydrogen) atoms. The number of alkyl halides is 3. The third-order valence-corrected chi connectivity index (χ3v) is 2.37. The minimum atomic E-state index is -4.05. The summed E-state index contributed by atoms with van der Waals surface area (Å²) in [7, 11) is 0. The second kappa shape index (κ2) is 3.62. The highest BCUT2D eigenvalue weighted by molar-refractivity contribution is 4.80. The van der Waals surface area contributed by atoms with Gasteiger partial charge in [0.25, 0.3) is 0 Å². The molecule has 0 aromatic carbocycles. The van der Waals surface area contributed by atoms with Gasteiger partial charge in [0, 0.05) is 6.04 Å². The lowest BCUT2D eigenvalue weighted by molar-refractivity contribution is -0.183. The van der Waals surface area contributed by atoms with E-state index in [1.54, 1.807) is 0 Å². The molecular weight excluding hydrogens is 169 g/mol. The highest BCUT2D eigenvalue weighted by Crippen LogP contribution is 2.37. The van der Waals surface area contributed by atoms with Gasteiger partial charge in [-0.15, -0.1) is 0 Å². The monoisotopic (exact) mass is 182 g/mol. The average molecular weight is 182 g/mol. The van der Waals surface area contributed by atoms with Gasteiger partial charge in [-0.3, -0.25) is 11.3 Å². The molecule has 0 saturated heterocycles. The van der Waals surface area contributed by atoms with Crippen LogP contribution >= 0.6 is 0 Å². The molecule has 1 aliphatic carbocycles. The van der Waals surface area contributed by atoms with Crippen molar-refractivity contribution in [3.63, 3.8) is 0 Å². The molecule has 0 spiro atoms. The lowest BCUT2D eigenvalue weighted by Crippen LogP contribution is -2.41. The van der Waals surface area contributed by atoms with E-state index >= 15 is 0 Å². The molecule has 0 aromatic heterocycles. The minimum Gasteiger partial charge on any atom is -0.271 e. The van der Waals surface area contributed by atoms with E-state index in [0.29, 0.717) is 6.42 Å². The molecule has 0 amide bonds. The van der Waals surface area contributed by atoms with Gasteiger partial charge in [-0.05, 0) is 19.3 Å². The summed E-state index contributed by atoms with van der Waals surface area (Å²) in [6, 6.07) is -0.162. The van der Waals surface area contributed by atoms with Gasteiger partial charge in [0.1, 0.15) is 0 Å². The number of nitrogens with one attached hydrogen (secondary N) is 1. The van der Waals surface area contributed by atoms with Crippen LogP contribution < -0.4 is 11.3 Å². The number of rotatable bonds is 1. The van der Waals surface area contributed by atoms with Gasteiger partial charge in [0.05, 0.1) is 5.92 Å². The van der Waals surface area contributed by atoms with E-state index < -0.39 is 12.1 Å². The van der Waals surface area contributed by atoms with Gasteiger partial charge >= 0.3 is 6.18 Å². The van der Waals surface area contributed by atoms with E-state index in [0.717, 1.165) is 6.42 Å². The molecule has 0 aromatic rings. The molecule has 1 saturated carbocycles. The maximum absolute atomic E-state index is 12.2. The van der Waals surface area contributed by atoms with Crippen LogP contribution in [0.5, 0.6) is 0 Å². The molecule has 0 radical (unpaired) electrons. The Labute approximate surface area is 69.3 Å². The first-order valence-corrected chi connectivity index (χ1v) is 4.07. The molecule has 2 nitrogen and oxygen atoms in total. The lowest BCUT2D eigenvalue weighted by atomic mass is 9.85. The average Bonchev–Trinajstić information content (AvgIpc) is 2.03. The number of halogens is 3. The lowest BCUT2D eigenvalue weighted by Gasteiger charge is -2.29. The highest BCUT2D eigenvalue weighted by Gasteiger charge is 2.41. The summed E-state index contributed by atoms with van der Waals surface area (Å²) in [6.45, 7) is 0. The maximum atomic E-state index is 12.2. The molecule has 3 N–H and O–H groups in total. The number of hydrogen-bond acceptors (Lipinski definition) is 2. The van der Waals surface area contributed by atoms with E-state index in [2.05, 4.69) is 5.43 Å². The molecule has 72 valence electrons. The van der Waals surface area contributed by atoms with E-state index in [9.17, 15) is 13.2 Å². The van der Waals surface area contributed by atoms with Crippen molar-refractivity contribution in [1.29, 1.82) is 0 Å². The summed E-state index contributed by atoms with van der Waals surface area (Å²) in [5.74, 6) is 3.93. The van der Waals surface area contributed by atoms with Crippen molar-refractivity contribution in [2.24, 2.45) is 11.8 Å². The summed E-state index contributed by atoms with van der Waals surface area (Å²) in [4.78, 5) is 0. The van der Waals surface area contributed by atoms with Crippen LogP contribution in [0.4, 0.5) is 13.2 Å². The quantitative estimate of drug-likeness (QED) is 0.477. The fraction of sp³-hybridized carbons (Fsp3) is 1.00. The van der Waals surface area contributed by atoms with Gasteiger partial charge < -0.3 is 0 Å². The van der Waals surface area contributed by atoms with Crippen LogP contribution in [0.1, 0.15) is 25.7 Å². The Balaban J connectivity index is 2.46. The first kappa shape index (κ1) is 9.80. The van der Waals surface area contributed by atoms with Crippen molar-refractivity contribution in [2.45, 2.75) is 37.9 Å². The number of nitrogens with two attached hydrogens (primary N) is 1. The van der Waals surface area contributed by atoms with Crippen molar-refractivity contribution in [3.8, 4) is 0 Å². The van der Waals surface area contributed by atoms with Crippen molar-refractivity contribution in [3.05, 3.63) is 0 Å². The number of hydrogen-bond donors (Lipinski definition) is 2. The fourth-order valence-electron chi connectivity index (χ4n) is 1.64. The van der Waals surface area contributed by atoms with Crippen molar-refractivity contribution in [2.75, 3.05) is 0 Å². The van der Waals surface area contributed by atoms with Gasteiger partial charge in [0.2, 0.25) is 0 Å². The topological polar surface area (TPSA) is 38.0 Å². The van der Waals surface area contributed by atoms with E-state index in [-0.39, 0.29) is 18.9 Å². The van der Waals surface area contributed by atoms with Crippen LogP contribution in [0.3, 0.4) is 0 Å². The summed E-state index contributed by atoms with van der Waals surface area (Å²) >= 11 is 0. The molecule has 0 bridgehead atoms. The van der Waals surface area contributed by atoms with Crippen molar-refractivity contribution < 1.29 is 13.2 Å². The second-order valence-corrected chi connectivity index (χ2v) is 3.27. The van der Waals surface area contributed by atoms with Crippen LogP contribution in [-0.4, -0.2) is 12.2 Å². The molecule has 0 aliphatic heterocycles. The van der Waals surface area contributed by atoms with Crippen molar-refractivity contribution >= 4 is 0 Å². The van der Waals surface area contributed by atoms with E-state index in [1.807, 2.05) is 0 Å². The van der Waals surface area contributed by atoms with Gasteiger partial charge in [-0.2, -0.15) is 13.2 Å². The first-order chi connectivity index (χ1) is 5.54. The van der Waals surface area contributed by atoms with Crippen LogP contribution in [-0.2, 0) is 0 Å². The van der Waals surface area contributed by atoms with Gasteiger partial charge in [0.15, 0.2) is 0 Å². The molecule has 5 heteroatoms. The van der Waals surface area contributed by atoms with Gasteiger partial charge in [-0.1, -0.05) is 6.42 Å². The fourth-order valence-corrected chi connectivity index (χ4v) is 1.64. The minimum absolute atomic E-state index is 0.125. The third-order valence-electron chi connectivity index (χ3n) is 2.37. The zero-order chi connectivity index (χ0) is 9.19. The molecule has 2 atom stereocenters. The molecule has 0 unspecified atom stereocenters. The summed E-state index contributed by atoms with van der Waals surface area (Å²) in [6.07, 6.45) is -2.31. The summed E-state index contributed by atoms with van der Waals surface area (Å²) in [5.41, 5.74) is 2.41. The standard InChI is InChI=1S/C7H13F3N2/c8-7(9,10)5-2-1-3-6(4-5)12-11/h5-6,12H,1-4,11H2/t5-,6+/m1/s1. The summed E-state index contributed by atoms with van der Waals surface area (Å²) < 4.78 is 36.5. The molecule has 0 heterocycles. The maximum Gasteiger partial charge on any atom is 0.391 e. The predicted octanol–water partition coefficient (Wildman–Crippen LogP) is 1.57. The van der Waals surface area contributed by atoms with E-state index in [1.165, 1.54) is 0 Å². The first-order valence-electron chi connectivity index (χ1n) is 4.07. The Bertz CT molecular complexity index is 146. The Morgan fingerprint density at radius 3 is 2.42 bits per heavy atom. The van der Waals surface area contributed by atoms with Crippen molar-refractivity contribution in [1.82, 2.24) is 5.43 Å². The van der Waals surface area contributed by atoms with Crippen LogP contribution in [0.2, 0.25) is 0 Å².